The number of carbonyl (C=O) groups is 2. The largest absolute Gasteiger partial charge is 0.481 e. The molecule has 22 heavy (non-hydrogen) atoms. The van der Waals surface area contributed by atoms with Crippen LogP contribution in [-0.4, -0.2) is 23.0 Å². The fourth-order valence-electron chi connectivity index (χ4n) is 3.08. The Kier molecular flexibility index (Phi) is 6.00. The Bertz CT molecular complexity index is 546. The second-order valence-corrected chi connectivity index (χ2v) is 6.75. The van der Waals surface area contributed by atoms with E-state index in [-0.39, 0.29) is 17.9 Å². The van der Waals surface area contributed by atoms with Crippen molar-refractivity contribution in [3.8, 4) is 0 Å². The van der Waals surface area contributed by atoms with Crippen molar-refractivity contribution in [3.05, 3.63) is 34.3 Å². The van der Waals surface area contributed by atoms with Gasteiger partial charge in [0.25, 0.3) is 0 Å². The smallest absolute Gasteiger partial charge is 0.308 e. The van der Waals surface area contributed by atoms with Gasteiger partial charge in [-0.25, -0.2) is 0 Å². The highest BCUT2D eigenvalue weighted by Gasteiger charge is 2.34. The van der Waals surface area contributed by atoms with E-state index in [4.69, 9.17) is 0 Å². The van der Waals surface area contributed by atoms with Crippen molar-refractivity contribution in [2.24, 2.45) is 11.8 Å². The average Bonchev–Trinajstić information content (AvgIpc) is 2.94. The quantitative estimate of drug-likeness (QED) is 0.809. The van der Waals surface area contributed by atoms with E-state index in [1.165, 1.54) is 0 Å². The van der Waals surface area contributed by atoms with Gasteiger partial charge in [0.1, 0.15) is 0 Å². The molecule has 1 aliphatic rings. The van der Waals surface area contributed by atoms with E-state index in [1.807, 2.05) is 31.2 Å². The topological polar surface area (TPSA) is 66.4 Å². The lowest BCUT2D eigenvalue weighted by Crippen LogP contribution is -2.43. The molecule has 0 bridgehead atoms. The van der Waals surface area contributed by atoms with Crippen molar-refractivity contribution >= 4 is 27.8 Å². The van der Waals surface area contributed by atoms with Gasteiger partial charge in [0.15, 0.2) is 0 Å². The molecule has 2 rings (SSSR count). The van der Waals surface area contributed by atoms with Crippen LogP contribution < -0.4 is 5.32 Å². The molecule has 1 unspecified atom stereocenters. The number of amides is 1. The van der Waals surface area contributed by atoms with Gasteiger partial charge < -0.3 is 10.4 Å². The van der Waals surface area contributed by atoms with E-state index < -0.39 is 11.9 Å². The molecule has 1 fully saturated rings. The highest BCUT2D eigenvalue weighted by atomic mass is 79.9. The summed E-state index contributed by atoms with van der Waals surface area (Å²) in [6, 6.07) is 7.66. The minimum Gasteiger partial charge on any atom is -0.481 e. The lowest BCUT2D eigenvalue weighted by atomic mass is 9.95. The molecule has 1 amide bonds. The summed E-state index contributed by atoms with van der Waals surface area (Å²) < 4.78 is 1.01. The van der Waals surface area contributed by atoms with Crippen molar-refractivity contribution in [1.29, 1.82) is 0 Å². The zero-order chi connectivity index (χ0) is 16.1. The Morgan fingerprint density at radius 1 is 1.36 bits per heavy atom. The third kappa shape index (κ3) is 4.09. The normalized spacial score (nSPS) is 22.3. The van der Waals surface area contributed by atoms with Crippen LogP contribution in [0.4, 0.5) is 0 Å². The van der Waals surface area contributed by atoms with E-state index in [1.54, 1.807) is 0 Å². The molecule has 0 saturated heterocycles. The first-order valence-electron chi connectivity index (χ1n) is 7.79. The van der Waals surface area contributed by atoms with Crippen LogP contribution in [0.25, 0.3) is 0 Å². The fourth-order valence-corrected chi connectivity index (χ4v) is 3.53. The summed E-state index contributed by atoms with van der Waals surface area (Å²) in [6.45, 7) is 1.99. The molecule has 2 N–H and O–H groups in total. The van der Waals surface area contributed by atoms with Crippen LogP contribution in [0.2, 0.25) is 0 Å². The molecule has 5 heteroatoms. The van der Waals surface area contributed by atoms with Crippen LogP contribution in [0.15, 0.2) is 28.7 Å². The van der Waals surface area contributed by atoms with Gasteiger partial charge in [-0.05, 0) is 37.3 Å². The lowest BCUT2D eigenvalue weighted by molar-refractivity contribution is -0.142. The second kappa shape index (κ2) is 7.77. The number of hydrogen-bond donors (Lipinski definition) is 2. The number of rotatable bonds is 6. The zero-order valence-corrected chi connectivity index (χ0v) is 14.3. The van der Waals surface area contributed by atoms with Gasteiger partial charge in [0.05, 0.1) is 5.92 Å². The number of halogens is 1. The summed E-state index contributed by atoms with van der Waals surface area (Å²) in [4.78, 5) is 23.7. The van der Waals surface area contributed by atoms with Gasteiger partial charge in [0.2, 0.25) is 5.91 Å². The molecule has 1 saturated carbocycles. The Balaban J connectivity index is 2.00. The third-order valence-corrected chi connectivity index (χ3v) is 5.22. The van der Waals surface area contributed by atoms with Crippen molar-refractivity contribution in [3.63, 3.8) is 0 Å². The van der Waals surface area contributed by atoms with Gasteiger partial charge in [-0.3, -0.25) is 9.59 Å². The maximum absolute atomic E-state index is 12.5. The Labute approximate surface area is 139 Å². The molecule has 1 aromatic rings. The monoisotopic (exact) mass is 367 g/mol. The van der Waals surface area contributed by atoms with Gasteiger partial charge in [-0.15, -0.1) is 0 Å². The second-order valence-electron chi connectivity index (χ2n) is 5.89. The van der Waals surface area contributed by atoms with Crippen LogP contribution in [-0.2, 0) is 16.0 Å². The molecule has 1 aliphatic carbocycles. The molecule has 4 nitrogen and oxygen atoms in total. The van der Waals surface area contributed by atoms with Crippen molar-refractivity contribution in [2.45, 2.75) is 45.1 Å². The zero-order valence-electron chi connectivity index (χ0n) is 12.7. The lowest BCUT2D eigenvalue weighted by Gasteiger charge is -2.22. The average molecular weight is 368 g/mol. The number of carboxylic acid groups (broad SMARTS) is 1. The first-order valence-corrected chi connectivity index (χ1v) is 8.58. The minimum atomic E-state index is -0.804. The number of benzene rings is 1. The summed E-state index contributed by atoms with van der Waals surface area (Å²) in [5.74, 6) is -1.41. The van der Waals surface area contributed by atoms with Crippen molar-refractivity contribution in [2.75, 3.05) is 0 Å². The number of carbonyl (C=O) groups excluding carboxylic acids is 1. The van der Waals surface area contributed by atoms with Crippen LogP contribution >= 0.6 is 15.9 Å². The SMILES string of the molecule is CCC(Cc1ccccc1Br)C(=O)N[C@@H]1CCC[C@@H]1C(=O)O. The van der Waals surface area contributed by atoms with Gasteiger partial charge in [0, 0.05) is 16.4 Å². The van der Waals surface area contributed by atoms with Gasteiger partial charge in [-0.1, -0.05) is 47.5 Å². The number of hydrogen-bond acceptors (Lipinski definition) is 2. The van der Waals surface area contributed by atoms with Crippen molar-refractivity contribution in [1.82, 2.24) is 5.32 Å². The highest BCUT2D eigenvalue weighted by Crippen LogP contribution is 2.27. The summed E-state index contributed by atoms with van der Waals surface area (Å²) in [6.07, 6.45) is 3.67. The first-order chi connectivity index (χ1) is 10.5. The van der Waals surface area contributed by atoms with E-state index in [0.29, 0.717) is 12.8 Å². The van der Waals surface area contributed by atoms with Crippen LogP contribution in [0.3, 0.4) is 0 Å². The van der Waals surface area contributed by atoms with Gasteiger partial charge in [-0.2, -0.15) is 0 Å². The minimum absolute atomic E-state index is 0.0311. The molecule has 0 aliphatic heterocycles. The van der Waals surface area contributed by atoms with E-state index >= 15 is 0 Å². The van der Waals surface area contributed by atoms with Crippen LogP contribution in [0.1, 0.15) is 38.2 Å². The van der Waals surface area contributed by atoms with Gasteiger partial charge >= 0.3 is 5.97 Å². The Morgan fingerprint density at radius 2 is 2.09 bits per heavy atom. The number of carboxylic acids is 1. The maximum Gasteiger partial charge on any atom is 0.308 e. The van der Waals surface area contributed by atoms with Crippen LogP contribution in [0, 0.1) is 11.8 Å². The van der Waals surface area contributed by atoms with E-state index in [0.717, 1.165) is 29.3 Å². The predicted molar refractivity (Wildman–Crippen MR) is 88.5 cm³/mol. The molecule has 120 valence electrons. The summed E-state index contributed by atoms with van der Waals surface area (Å²) in [5, 5.41) is 12.2. The predicted octanol–water partition coefficient (Wildman–Crippen LogP) is 3.39. The molecule has 1 aromatic carbocycles. The summed E-state index contributed by atoms with van der Waals surface area (Å²) in [7, 11) is 0. The molecule has 0 spiro atoms. The fraction of sp³-hybridized carbons (Fsp3) is 0.529. The number of aliphatic carboxylic acids is 1. The molecular formula is C17H22BrNO3. The van der Waals surface area contributed by atoms with E-state index in [9.17, 15) is 14.7 Å². The third-order valence-electron chi connectivity index (χ3n) is 4.45. The Hall–Kier alpha value is -1.36. The maximum atomic E-state index is 12.5. The summed E-state index contributed by atoms with van der Waals surface area (Å²) >= 11 is 3.51. The molecule has 3 atom stereocenters. The van der Waals surface area contributed by atoms with Crippen molar-refractivity contribution < 1.29 is 14.7 Å². The standard InChI is InChI=1S/C17H22BrNO3/c1-2-11(10-12-6-3-4-8-14(12)18)16(20)19-15-9-5-7-13(15)17(21)22/h3-4,6,8,11,13,15H,2,5,7,9-10H2,1H3,(H,19,20)(H,21,22)/t11?,13-,15+/m0/s1. The van der Waals surface area contributed by atoms with E-state index in [2.05, 4.69) is 21.2 Å². The summed E-state index contributed by atoms with van der Waals surface area (Å²) in [5.41, 5.74) is 1.10. The highest BCUT2D eigenvalue weighted by molar-refractivity contribution is 9.10. The first kappa shape index (κ1) is 17.0. The molecular weight excluding hydrogens is 346 g/mol. The Morgan fingerprint density at radius 3 is 2.73 bits per heavy atom. The molecule has 0 radical (unpaired) electrons. The number of nitrogens with one attached hydrogen (secondary N) is 1. The van der Waals surface area contributed by atoms with Crippen LogP contribution in [0.5, 0.6) is 0 Å². The molecule has 0 aromatic heterocycles. The molecule has 0 heterocycles.